The number of ether oxygens (including phenoxy) is 1. The Morgan fingerprint density at radius 1 is 1.00 bits per heavy atom. The molecule has 0 aliphatic carbocycles. The molecule has 1 aromatic heterocycles. The number of nitrogens with zero attached hydrogens (tertiary/aromatic N) is 1. The van der Waals surface area contributed by atoms with Crippen LogP contribution in [0.5, 0.6) is 5.75 Å². The molecule has 0 aliphatic rings. The van der Waals surface area contributed by atoms with Crippen molar-refractivity contribution >= 4 is 5.91 Å². The van der Waals surface area contributed by atoms with Gasteiger partial charge in [0.25, 0.3) is 0 Å². The zero-order chi connectivity index (χ0) is 24.0. The SMILES string of the molecule is O=C(Cc1ccc(-c2ccc(F)c(F)c2)cc1)N[C@H](CO)c1ccc(OCC(F)(F)F)cn1. The van der Waals surface area contributed by atoms with E-state index in [1.807, 2.05) is 0 Å². The number of alkyl halides is 3. The van der Waals surface area contributed by atoms with Gasteiger partial charge in [-0.1, -0.05) is 30.3 Å². The molecular formula is C23H19F5N2O3. The molecular weight excluding hydrogens is 447 g/mol. The van der Waals surface area contributed by atoms with Crippen LogP contribution in [0.25, 0.3) is 11.1 Å². The number of pyridine rings is 1. The topological polar surface area (TPSA) is 71.5 Å². The van der Waals surface area contributed by atoms with Crippen LogP contribution in [0.3, 0.4) is 0 Å². The fourth-order valence-electron chi connectivity index (χ4n) is 2.98. The number of benzene rings is 2. The Balaban J connectivity index is 1.59. The van der Waals surface area contributed by atoms with Crippen molar-refractivity contribution in [3.05, 3.63) is 83.7 Å². The second-order valence-corrected chi connectivity index (χ2v) is 7.13. The summed E-state index contributed by atoms with van der Waals surface area (Å²) in [6, 6.07) is 12.0. The highest BCUT2D eigenvalue weighted by Gasteiger charge is 2.28. The lowest BCUT2D eigenvalue weighted by Crippen LogP contribution is -2.32. The minimum atomic E-state index is -4.48. The van der Waals surface area contributed by atoms with E-state index in [1.54, 1.807) is 24.3 Å². The molecule has 0 unspecified atom stereocenters. The van der Waals surface area contributed by atoms with Crippen LogP contribution in [0.2, 0.25) is 0 Å². The van der Waals surface area contributed by atoms with Gasteiger partial charge in [-0.25, -0.2) is 8.78 Å². The summed E-state index contributed by atoms with van der Waals surface area (Å²) in [5, 5.41) is 12.2. The molecule has 5 nitrogen and oxygen atoms in total. The maximum atomic E-state index is 13.4. The molecule has 33 heavy (non-hydrogen) atoms. The van der Waals surface area contributed by atoms with Crippen LogP contribution < -0.4 is 10.1 Å². The van der Waals surface area contributed by atoms with Crippen molar-refractivity contribution in [1.29, 1.82) is 0 Å². The molecule has 2 N–H and O–H groups in total. The number of carbonyl (C=O) groups is 1. The number of aliphatic hydroxyl groups is 1. The van der Waals surface area contributed by atoms with Crippen LogP contribution in [-0.2, 0) is 11.2 Å². The Morgan fingerprint density at radius 2 is 1.70 bits per heavy atom. The summed E-state index contributed by atoms with van der Waals surface area (Å²) in [6.45, 7) is -1.93. The van der Waals surface area contributed by atoms with Gasteiger partial charge in [-0.15, -0.1) is 0 Å². The maximum Gasteiger partial charge on any atom is 0.422 e. The Kier molecular flexibility index (Phi) is 7.59. The highest BCUT2D eigenvalue weighted by atomic mass is 19.4. The highest BCUT2D eigenvalue weighted by Crippen LogP contribution is 2.23. The monoisotopic (exact) mass is 466 g/mol. The number of hydrogen-bond acceptors (Lipinski definition) is 4. The summed E-state index contributed by atoms with van der Waals surface area (Å²) < 4.78 is 67.7. The van der Waals surface area contributed by atoms with Crippen molar-refractivity contribution in [2.45, 2.75) is 18.6 Å². The molecule has 3 aromatic rings. The maximum absolute atomic E-state index is 13.4. The first-order valence-electron chi connectivity index (χ1n) is 9.74. The Bertz CT molecular complexity index is 1090. The predicted octanol–water partition coefficient (Wildman–Crippen LogP) is 4.36. The number of aromatic nitrogens is 1. The van der Waals surface area contributed by atoms with Crippen molar-refractivity contribution in [2.24, 2.45) is 0 Å². The first-order chi connectivity index (χ1) is 15.6. The molecule has 3 rings (SSSR count). The number of rotatable bonds is 8. The summed E-state index contributed by atoms with van der Waals surface area (Å²) in [6.07, 6.45) is -3.43. The van der Waals surface area contributed by atoms with Gasteiger partial charge in [0, 0.05) is 0 Å². The molecule has 10 heteroatoms. The number of hydrogen-bond donors (Lipinski definition) is 2. The van der Waals surface area contributed by atoms with Gasteiger partial charge in [0.2, 0.25) is 5.91 Å². The largest absolute Gasteiger partial charge is 0.483 e. The smallest absolute Gasteiger partial charge is 0.422 e. The van der Waals surface area contributed by atoms with Gasteiger partial charge < -0.3 is 15.2 Å². The van der Waals surface area contributed by atoms with Crippen molar-refractivity contribution in [1.82, 2.24) is 10.3 Å². The standard InChI is InChI=1S/C23H19F5N2O3/c24-18-7-5-16(10-19(18)25)15-3-1-14(2-4-15)9-22(32)30-21(12-31)20-8-6-17(11-29-20)33-13-23(26,27)28/h1-8,10-11,21,31H,9,12-13H2,(H,30,32)/t21-/m1/s1. The van der Waals surface area contributed by atoms with Gasteiger partial charge in [0.15, 0.2) is 18.2 Å². The fourth-order valence-corrected chi connectivity index (χ4v) is 2.98. The minimum absolute atomic E-state index is 0.0265. The molecule has 0 spiro atoms. The van der Waals surface area contributed by atoms with E-state index in [4.69, 9.17) is 0 Å². The predicted molar refractivity (Wildman–Crippen MR) is 109 cm³/mol. The lowest BCUT2D eigenvalue weighted by molar-refractivity contribution is -0.153. The summed E-state index contributed by atoms with van der Waals surface area (Å²) in [4.78, 5) is 16.3. The van der Waals surface area contributed by atoms with Gasteiger partial charge in [-0.3, -0.25) is 9.78 Å². The molecule has 0 saturated heterocycles. The Labute approximate surface area is 185 Å². The molecule has 0 saturated carbocycles. The first-order valence-corrected chi connectivity index (χ1v) is 9.74. The average molecular weight is 466 g/mol. The third-order valence-electron chi connectivity index (χ3n) is 4.61. The number of nitrogens with one attached hydrogen (secondary N) is 1. The van der Waals surface area contributed by atoms with E-state index in [-0.39, 0.29) is 17.9 Å². The lowest BCUT2D eigenvalue weighted by atomic mass is 10.0. The third-order valence-corrected chi connectivity index (χ3v) is 4.61. The van der Waals surface area contributed by atoms with E-state index in [0.29, 0.717) is 16.7 Å². The van der Waals surface area contributed by atoms with Crippen molar-refractivity contribution < 1.29 is 36.6 Å². The van der Waals surface area contributed by atoms with E-state index < -0.39 is 43.0 Å². The average Bonchev–Trinajstić information content (AvgIpc) is 2.78. The Hall–Kier alpha value is -3.53. The van der Waals surface area contributed by atoms with Crippen molar-refractivity contribution in [2.75, 3.05) is 13.2 Å². The summed E-state index contributed by atoms with van der Waals surface area (Å²) in [5.74, 6) is -2.42. The zero-order valence-electron chi connectivity index (χ0n) is 17.1. The number of amides is 1. The summed E-state index contributed by atoms with van der Waals surface area (Å²) in [7, 11) is 0. The molecule has 174 valence electrons. The first kappa shape index (κ1) is 24.1. The van der Waals surface area contributed by atoms with Crippen LogP contribution in [0, 0.1) is 11.6 Å². The van der Waals surface area contributed by atoms with E-state index in [0.717, 1.165) is 18.3 Å². The van der Waals surface area contributed by atoms with Gasteiger partial charge in [-0.05, 0) is 41.0 Å². The molecule has 1 heterocycles. The zero-order valence-corrected chi connectivity index (χ0v) is 17.1. The van der Waals surface area contributed by atoms with E-state index in [2.05, 4.69) is 15.0 Å². The van der Waals surface area contributed by atoms with E-state index >= 15 is 0 Å². The quantitative estimate of drug-likeness (QED) is 0.484. The summed E-state index contributed by atoms with van der Waals surface area (Å²) in [5.41, 5.74) is 2.01. The van der Waals surface area contributed by atoms with Crippen LogP contribution >= 0.6 is 0 Å². The van der Waals surface area contributed by atoms with Gasteiger partial charge >= 0.3 is 6.18 Å². The second-order valence-electron chi connectivity index (χ2n) is 7.13. The van der Waals surface area contributed by atoms with Crippen LogP contribution in [0.4, 0.5) is 22.0 Å². The number of halogens is 5. The van der Waals surface area contributed by atoms with Crippen molar-refractivity contribution in [3.8, 4) is 16.9 Å². The van der Waals surface area contributed by atoms with Crippen LogP contribution in [0.15, 0.2) is 60.8 Å². The molecule has 0 aliphatic heterocycles. The molecule has 1 atom stereocenters. The second kappa shape index (κ2) is 10.4. The molecule has 2 aromatic carbocycles. The number of aliphatic hydroxyl groups excluding tert-OH is 1. The van der Waals surface area contributed by atoms with Crippen LogP contribution in [0.1, 0.15) is 17.3 Å². The lowest BCUT2D eigenvalue weighted by Gasteiger charge is -2.16. The van der Waals surface area contributed by atoms with E-state index in [9.17, 15) is 31.9 Å². The Morgan fingerprint density at radius 3 is 2.27 bits per heavy atom. The van der Waals surface area contributed by atoms with Crippen molar-refractivity contribution in [3.63, 3.8) is 0 Å². The highest BCUT2D eigenvalue weighted by molar-refractivity contribution is 5.79. The normalized spacial score (nSPS) is 12.3. The fraction of sp³-hybridized carbons (Fsp3) is 0.217. The summed E-state index contributed by atoms with van der Waals surface area (Å²) >= 11 is 0. The van der Waals surface area contributed by atoms with Gasteiger partial charge in [0.05, 0.1) is 31.0 Å². The van der Waals surface area contributed by atoms with E-state index in [1.165, 1.54) is 18.2 Å². The molecule has 0 bridgehead atoms. The minimum Gasteiger partial charge on any atom is -0.483 e. The third kappa shape index (κ3) is 6.98. The number of carbonyl (C=O) groups excluding carboxylic acids is 1. The van der Waals surface area contributed by atoms with Gasteiger partial charge in [0.1, 0.15) is 5.75 Å². The van der Waals surface area contributed by atoms with Crippen LogP contribution in [-0.4, -0.2) is 35.4 Å². The molecule has 0 fully saturated rings. The molecule has 1 amide bonds. The van der Waals surface area contributed by atoms with Gasteiger partial charge in [-0.2, -0.15) is 13.2 Å². The molecule has 0 radical (unpaired) electrons.